The lowest BCUT2D eigenvalue weighted by molar-refractivity contribution is -0.870. The second kappa shape index (κ2) is 37.1. The van der Waals surface area contributed by atoms with E-state index in [2.05, 4.69) is 26.0 Å². The zero-order chi connectivity index (χ0) is 36.9. The molecule has 0 aliphatic heterocycles. The lowest BCUT2D eigenvalue weighted by Crippen LogP contribution is -2.37. The molecule has 0 rings (SSSR count). The summed E-state index contributed by atoms with van der Waals surface area (Å²) < 4.78 is 35.3. The van der Waals surface area contributed by atoms with Crippen molar-refractivity contribution in [1.29, 1.82) is 0 Å². The molecule has 0 saturated heterocycles. The maximum absolute atomic E-state index is 12.4. The van der Waals surface area contributed by atoms with Crippen LogP contribution in [0, 0.1) is 0 Å². The summed E-state index contributed by atoms with van der Waals surface area (Å²) in [5.74, 6) is 0. The van der Waals surface area contributed by atoms with E-state index in [1.807, 2.05) is 21.1 Å². The smallest absolute Gasteiger partial charge is 0.268 e. The van der Waals surface area contributed by atoms with Crippen LogP contribution in [0.5, 0.6) is 0 Å². The molecule has 0 N–H and O–H groups in total. The lowest BCUT2D eigenvalue weighted by Gasteiger charge is -2.28. The summed E-state index contributed by atoms with van der Waals surface area (Å²) in [6.07, 6.45) is 40.7. The van der Waals surface area contributed by atoms with Crippen LogP contribution in [0.2, 0.25) is 0 Å². The van der Waals surface area contributed by atoms with Crippen molar-refractivity contribution < 1.29 is 32.5 Å². The van der Waals surface area contributed by atoms with Crippen molar-refractivity contribution in [3.05, 3.63) is 12.2 Å². The third-order valence-corrected chi connectivity index (χ3v) is 10.3. The minimum Gasteiger partial charge on any atom is -0.756 e. The van der Waals surface area contributed by atoms with Crippen molar-refractivity contribution in [2.45, 2.75) is 200 Å². The largest absolute Gasteiger partial charge is 0.756 e. The molecule has 0 saturated carbocycles. The standard InChI is InChI=1S/C42H86NO6P/c1-6-8-10-12-14-16-18-20-22-23-24-26-28-30-32-34-37-46-40-42(41-49-50(44,45)48-39-36-43(3,4)5)47-38-35-33-31-29-27-25-21-19-17-15-13-11-9-7-2/h20,22,42H,6-19,21,23-41H2,1-5H3/b22-20-. The van der Waals surface area contributed by atoms with Gasteiger partial charge in [-0.2, -0.15) is 0 Å². The van der Waals surface area contributed by atoms with Crippen LogP contribution in [-0.2, 0) is 23.1 Å². The van der Waals surface area contributed by atoms with Gasteiger partial charge in [0.2, 0.25) is 0 Å². The summed E-state index contributed by atoms with van der Waals surface area (Å²) in [6, 6.07) is 0. The summed E-state index contributed by atoms with van der Waals surface area (Å²) >= 11 is 0. The highest BCUT2D eigenvalue weighted by Gasteiger charge is 2.18. The summed E-state index contributed by atoms with van der Waals surface area (Å²) in [5.41, 5.74) is 0. The zero-order valence-electron chi connectivity index (χ0n) is 34.1. The van der Waals surface area contributed by atoms with E-state index in [9.17, 15) is 9.46 Å². The monoisotopic (exact) mass is 732 g/mol. The molecule has 0 aliphatic rings. The molecule has 300 valence electrons. The Bertz CT molecular complexity index is 759. The van der Waals surface area contributed by atoms with E-state index in [4.69, 9.17) is 18.5 Å². The molecule has 50 heavy (non-hydrogen) atoms. The lowest BCUT2D eigenvalue weighted by atomic mass is 10.0. The van der Waals surface area contributed by atoms with Gasteiger partial charge in [0.25, 0.3) is 7.82 Å². The molecule has 2 unspecified atom stereocenters. The number of nitrogens with zero attached hydrogens (tertiary/aromatic N) is 1. The second-order valence-electron chi connectivity index (χ2n) is 15.7. The quantitative estimate of drug-likeness (QED) is 0.0270. The van der Waals surface area contributed by atoms with Crippen molar-refractivity contribution in [3.8, 4) is 0 Å². The minimum atomic E-state index is -4.39. The molecule has 0 radical (unpaired) electrons. The first-order valence-electron chi connectivity index (χ1n) is 21.4. The molecule has 0 fully saturated rings. The van der Waals surface area contributed by atoms with Crippen LogP contribution in [0.3, 0.4) is 0 Å². The number of quaternary nitrogens is 1. The normalized spacial score (nSPS) is 14.1. The van der Waals surface area contributed by atoms with Crippen molar-refractivity contribution in [2.75, 3.05) is 60.7 Å². The molecular formula is C42H86NO6P. The SMILES string of the molecule is CCCCCCCC/C=C\CCCCCCCCOCC(COP(=O)([O-])OCC[N+](C)(C)C)OCCCCCCCCCCCCCCCC. The number of phosphoric ester groups is 1. The van der Waals surface area contributed by atoms with Gasteiger partial charge < -0.3 is 27.9 Å². The van der Waals surface area contributed by atoms with Crippen LogP contribution in [0.15, 0.2) is 12.2 Å². The van der Waals surface area contributed by atoms with E-state index < -0.39 is 13.9 Å². The molecule has 0 heterocycles. The minimum absolute atomic E-state index is 0.0723. The Morgan fingerprint density at radius 1 is 0.520 bits per heavy atom. The van der Waals surface area contributed by atoms with Gasteiger partial charge in [0.1, 0.15) is 19.3 Å². The van der Waals surface area contributed by atoms with E-state index in [-0.39, 0.29) is 13.2 Å². The van der Waals surface area contributed by atoms with Crippen LogP contribution < -0.4 is 4.89 Å². The maximum atomic E-state index is 12.4. The predicted octanol–water partition coefficient (Wildman–Crippen LogP) is 12.1. The summed E-state index contributed by atoms with van der Waals surface area (Å²) in [7, 11) is 1.60. The summed E-state index contributed by atoms with van der Waals surface area (Å²) in [5, 5.41) is 0. The van der Waals surface area contributed by atoms with Crippen LogP contribution in [0.4, 0.5) is 0 Å². The molecule has 0 amide bonds. The zero-order valence-corrected chi connectivity index (χ0v) is 35.0. The van der Waals surface area contributed by atoms with E-state index >= 15 is 0 Å². The van der Waals surface area contributed by atoms with E-state index in [0.717, 1.165) is 25.7 Å². The number of unbranched alkanes of at least 4 members (excludes halogenated alkanes) is 25. The first-order chi connectivity index (χ1) is 24.2. The van der Waals surface area contributed by atoms with Gasteiger partial charge in [0.05, 0.1) is 34.4 Å². The van der Waals surface area contributed by atoms with E-state index in [0.29, 0.717) is 30.8 Å². The van der Waals surface area contributed by atoms with Gasteiger partial charge in [-0.3, -0.25) is 4.57 Å². The van der Waals surface area contributed by atoms with Crippen LogP contribution in [0.25, 0.3) is 0 Å². The van der Waals surface area contributed by atoms with Crippen LogP contribution >= 0.6 is 7.82 Å². The average molecular weight is 732 g/mol. The van der Waals surface area contributed by atoms with Gasteiger partial charge in [-0.15, -0.1) is 0 Å². The van der Waals surface area contributed by atoms with Gasteiger partial charge in [-0.1, -0.05) is 167 Å². The Labute approximate surface area is 312 Å². The molecular weight excluding hydrogens is 645 g/mol. The van der Waals surface area contributed by atoms with E-state index in [1.54, 1.807) is 0 Å². The predicted molar refractivity (Wildman–Crippen MR) is 213 cm³/mol. The van der Waals surface area contributed by atoms with Gasteiger partial charge in [0, 0.05) is 13.2 Å². The maximum Gasteiger partial charge on any atom is 0.268 e. The summed E-state index contributed by atoms with van der Waals surface area (Å²) in [6.45, 7) is 6.74. The Morgan fingerprint density at radius 3 is 1.36 bits per heavy atom. The highest BCUT2D eigenvalue weighted by molar-refractivity contribution is 7.45. The molecule has 0 aromatic carbocycles. The average Bonchev–Trinajstić information content (AvgIpc) is 3.07. The Morgan fingerprint density at radius 2 is 0.920 bits per heavy atom. The highest BCUT2D eigenvalue weighted by Crippen LogP contribution is 2.38. The molecule has 0 bridgehead atoms. The number of allylic oxidation sites excluding steroid dienone is 2. The molecule has 0 aliphatic carbocycles. The van der Waals surface area contributed by atoms with Crippen LogP contribution in [-0.4, -0.2) is 71.3 Å². The van der Waals surface area contributed by atoms with Crippen molar-refractivity contribution in [3.63, 3.8) is 0 Å². The number of phosphoric acid groups is 1. The van der Waals surface area contributed by atoms with Crippen molar-refractivity contribution >= 4 is 7.82 Å². The number of ether oxygens (including phenoxy) is 2. The van der Waals surface area contributed by atoms with Crippen molar-refractivity contribution in [1.82, 2.24) is 0 Å². The highest BCUT2D eigenvalue weighted by atomic mass is 31.2. The fraction of sp³-hybridized carbons (Fsp3) is 0.952. The van der Waals surface area contributed by atoms with Gasteiger partial charge in [-0.05, 0) is 38.5 Å². The fourth-order valence-electron chi connectivity index (χ4n) is 6.00. The molecule has 0 aromatic heterocycles. The first kappa shape index (κ1) is 49.7. The summed E-state index contributed by atoms with van der Waals surface area (Å²) in [4.78, 5) is 12.4. The Balaban J connectivity index is 4.09. The molecule has 2 atom stereocenters. The third-order valence-electron chi connectivity index (χ3n) is 9.39. The van der Waals surface area contributed by atoms with Crippen LogP contribution in [0.1, 0.15) is 194 Å². The van der Waals surface area contributed by atoms with Gasteiger partial charge in [0.15, 0.2) is 0 Å². The molecule has 0 aromatic rings. The number of likely N-dealkylation sites (N-methyl/N-ethyl adjacent to an activating group) is 1. The topological polar surface area (TPSA) is 77.1 Å². The Hall–Kier alpha value is -0.270. The first-order valence-corrected chi connectivity index (χ1v) is 22.9. The van der Waals surface area contributed by atoms with Gasteiger partial charge in [-0.25, -0.2) is 0 Å². The van der Waals surface area contributed by atoms with E-state index in [1.165, 1.54) is 154 Å². The fourth-order valence-corrected chi connectivity index (χ4v) is 6.72. The molecule has 8 heteroatoms. The molecule has 0 spiro atoms. The number of hydrogen-bond donors (Lipinski definition) is 0. The third kappa shape index (κ3) is 40.5. The second-order valence-corrected chi connectivity index (χ2v) is 17.1. The number of rotatable bonds is 41. The molecule has 7 nitrogen and oxygen atoms in total. The van der Waals surface area contributed by atoms with Gasteiger partial charge >= 0.3 is 0 Å². The Kier molecular flexibility index (Phi) is 36.9. The van der Waals surface area contributed by atoms with Crippen molar-refractivity contribution in [2.24, 2.45) is 0 Å². The number of hydrogen-bond acceptors (Lipinski definition) is 6.